The van der Waals surface area contributed by atoms with Gasteiger partial charge in [-0.15, -0.1) is 0 Å². The van der Waals surface area contributed by atoms with E-state index in [1.165, 1.54) is 13.2 Å². The molecule has 0 unspecified atom stereocenters. The van der Waals surface area contributed by atoms with E-state index in [4.69, 9.17) is 21.1 Å². The monoisotopic (exact) mass is 397 g/mol. The Balaban J connectivity index is 2.39. The van der Waals surface area contributed by atoms with Gasteiger partial charge in [0.1, 0.15) is 16.4 Å². The Morgan fingerprint density at radius 1 is 1.04 bits per heavy atom. The molecule has 0 aromatic heterocycles. The van der Waals surface area contributed by atoms with Crippen LogP contribution in [0, 0.1) is 5.92 Å². The number of ether oxygens (including phenoxy) is 2. The van der Waals surface area contributed by atoms with Gasteiger partial charge in [0.25, 0.3) is 0 Å². The topological polar surface area (TPSA) is 64.6 Å². The van der Waals surface area contributed by atoms with Gasteiger partial charge in [0.2, 0.25) is 10.0 Å². The van der Waals surface area contributed by atoms with Gasteiger partial charge < -0.3 is 9.47 Å². The van der Waals surface area contributed by atoms with Crippen molar-refractivity contribution in [2.75, 3.05) is 14.2 Å². The zero-order valence-corrected chi connectivity index (χ0v) is 16.9. The minimum absolute atomic E-state index is 0.0229. The van der Waals surface area contributed by atoms with E-state index >= 15 is 0 Å². The van der Waals surface area contributed by atoms with Crippen LogP contribution in [0.5, 0.6) is 11.5 Å². The number of halogens is 1. The minimum atomic E-state index is -3.82. The molecule has 5 nitrogen and oxygen atoms in total. The molecule has 0 aliphatic heterocycles. The summed E-state index contributed by atoms with van der Waals surface area (Å²) in [6, 6.07) is 11.5. The molecule has 2 aromatic carbocycles. The Hall–Kier alpha value is -1.76. The van der Waals surface area contributed by atoms with E-state index in [9.17, 15) is 8.42 Å². The van der Waals surface area contributed by atoms with Crippen LogP contribution in [-0.4, -0.2) is 22.6 Å². The van der Waals surface area contributed by atoms with Crippen molar-refractivity contribution in [2.24, 2.45) is 5.92 Å². The molecule has 0 spiro atoms. The van der Waals surface area contributed by atoms with Crippen molar-refractivity contribution >= 4 is 21.6 Å². The third kappa shape index (κ3) is 5.13. The lowest BCUT2D eigenvalue weighted by Crippen LogP contribution is -2.30. The molecule has 0 aliphatic carbocycles. The molecule has 0 heterocycles. The van der Waals surface area contributed by atoms with Crippen molar-refractivity contribution < 1.29 is 17.9 Å². The maximum atomic E-state index is 13.0. The standard InChI is InChI=1S/C19H24ClNO4S/c1-13(2)11-17(14-5-8-16(24-3)9-6-14)21-26(22,23)19-12-15(20)7-10-18(19)25-4/h5-10,12-13,17,21H,11H2,1-4H3/t17-/m1/s1. The van der Waals surface area contributed by atoms with Crippen LogP contribution in [0.15, 0.2) is 47.4 Å². The molecule has 2 rings (SSSR count). The van der Waals surface area contributed by atoms with E-state index < -0.39 is 10.0 Å². The van der Waals surface area contributed by atoms with Crippen LogP contribution in [-0.2, 0) is 10.0 Å². The predicted octanol–water partition coefficient (Wildman–Crippen LogP) is 4.42. The van der Waals surface area contributed by atoms with Crippen LogP contribution >= 0.6 is 11.6 Å². The first kappa shape index (κ1) is 20.6. The van der Waals surface area contributed by atoms with E-state index in [1.807, 2.05) is 38.1 Å². The number of hydrogen-bond donors (Lipinski definition) is 1. The SMILES string of the molecule is COc1ccc([C@@H](CC(C)C)NS(=O)(=O)c2cc(Cl)ccc2OC)cc1. The Kier molecular flexibility index (Phi) is 6.92. The molecule has 0 saturated carbocycles. The van der Waals surface area contributed by atoms with E-state index in [-0.39, 0.29) is 16.7 Å². The first-order valence-electron chi connectivity index (χ1n) is 8.26. The fourth-order valence-corrected chi connectivity index (χ4v) is 4.34. The van der Waals surface area contributed by atoms with Gasteiger partial charge in [-0.25, -0.2) is 13.1 Å². The Morgan fingerprint density at radius 3 is 2.23 bits per heavy atom. The molecule has 0 fully saturated rings. The first-order valence-corrected chi connectivity index (χ1v) is 10.1. The van der Waals surface area contributed by atoms with Crippen molar-refractivity contribution in [1.29, 1.82) is 0 Å². The molecule has 142 valence electrons. The van der Waals surface area contributed by atoms with Gasteiger partial charge in [0.15, 0.2) is 0 Å². The largest absolute Gasteiger partial charge is 0.497 e. The van der Waals surface area contributed by atoms with Gasteiger partial charge in [0, 0.05) is 11.1 Å². The van der Waals surface area contributed by atoms with Crippen molar-refractivity contribution in [2.45, 2.75) is 31.2 Å². The summed E-state index contributed by atoms with van der Waals surface area (Å²) in [5, 5.41) is 0.330. The molecule has 0 aliphatic rings. The molecule has 26 heavy (non-hydrogen) atoms. The smallest absolute Gasteiger partial charge is 0.244 e. The highest BCUT2D eigenvalue weighted by Gasteiger charge is 2.25. The summed E-state index contributed by atoms with van der Waals surface area (Å²) in [4.78, 5) is 0.0229. The molecule has 0 radical (unpaired) electrons. The highest BCUT2D eigenvalue weighted by atomic mass is 35.5. The summed E-state index contributed by atoms with van der Waals surface area (Å²) in [7, 11) is -0.805. The molecule has 0 saturated heterocycles. The second kappa shape index (κ2) is 8.75. The van der Waals surface area contributed by atoms with Crippen LogP contribution in [0.3, 0.4) is 0 Å². The van der Waals surface area contributed by atoms with Gasteiger partial charge in [-0.05, 0) is 48.2 Å². The van der Waals surface area contributed by atoms with E-state index in [0.29, 0.717) is 17.4 Å². The van der Waals surface area contributed by atoms with Crippen molar-refractivity contribution in [3.8, 4) is 11.5 Å². The third-order valence-corrected chi connectivity index (χ3v) is 5.67. The highest BCUT2D eigenvalue weighted by molar-refractivity contribution is 7.89. The molecule has 0 amide bonds. The fraction of sp³-hybridized carbons (Fsp3) is 0.368. The van der Waals surface area contributed by atoms with Crippen LogP contribution in [0.1, 0.15) is 31.9 Å². The summed E-state index contributed by atoms with van der Waals surface area (Å²) < 4.78 is 39.1. The molecule has 2 aromatic rings. The molecular weight excluding hydrogens is 374 g/mol. The van der Waals surface area contributed by atoms with Crippen LogP contribution in [0.25, 0.3) is 0 Å². The minimum Gasteiger partial charge on any atom is -0.497 e. The lowest BCUT2D eigenvalue weighted by Gasteiger charge is -2.22. The number of sulfonamides is 1. The van der Waals surface area contributed by atoms with E-state index in [2.05, 4.69) is 4.72 Å². The zero-order chi connectivity index (χ0) is 19.3. The predicted molar refractivity (Wildman–Crippen MR) is 104 cm³/mol. The number of hydrogen-bond acceptors (Lipinski definition) is 4. The molecule has 7 heteroatoms. The number of nitrogens with one attached hydrogen (secondary N) is 1. The van der Waals surface area contributed by atoms with Crippen LogP contribution in [0.2, 0.25) is 5.02 Å². The van der Waals surface area contributed by atoms with Crippen molar-refractivity contribution in [3.05, 3.63) is 53.1 Å². The second-order valence-electron chi connectivity index (χ2n) is 6.37. The third-order valence-electron chi connectivity index (χ3n) is 3.94. The molecule has 0 bridgehead atoms. The molecular formula is C19H24ClNO4S. The normalized spacial score (nSPS) is 12.8. The summed E-state index contributed by atoms with van der Waals surface area (Å²) in [6.07, 6.45) is 0.647. The van der Waals surface area contributed by atoms with Gasteiger partial charge in [0.05, 0.1) is 14.2 Å². The number of methoxy groups -OCH3 is 2. The number of benzene rings is 2. The average molecular weight is 398 g/mol. The van der Waals surface area contributed by atoms with E-state index in [0.717, 1.165) is 11.3 Å². The second-order valence-corrected chi connectivity index (χ2v) is 8.49. The van der Waals surface area contributed by atoms with Gasteiger partial charge >= 0.3 is 0 Å². The summed E-state index contributed by atoms with van der Waals surface area (Å²) in [5.41, 5.74) is 0.865. The lowest BCUT2D eigenvalue weighted by molar-refractivity contribution is 0.401. The molecule has 1 N–H and O–H groups in total. The van der Waals surface area contributed by atoms with E-state index in [1.54, 1.807) is 19.2 Å². The summed E-state index contributed by atoms with van der Waals surface area (Å²) in [5.74, 6) is 1.27. The quantitative estimate of drug-likeness (QED) is 0.715. The van der Waals surface area contributed by atoms with Gasteiger partial charge in [-0.2, -0.15) is 0 Å². The maximum absolute atomic E-state index is 13.0. The Labute approximate surface area is 160 Å². The molecule has 1 atom stereocenters. The zero-order valence-electron chi connectivity index (χ0n) is 15.3. The maximum Gasteiger partial charge on any atom is 0.244 e. The van der Waals surface area contributed by atoms with Gasteiger partial charge in [-0.1, -0.05) is 37.6 Å². The Morgan fingerprint density at radius 2 is 1.69 bits per heavy atom. The highest BCUT2D eigenvalue weighted by Crippen LogP contribution is 2.30. The van der Waals surface area contributed by atoms with Gasteiger partial charge in [-0.3, -0.25) is 0 Å². The Bertz CT molecular complexity index is 835. The van der Waals surface area contributed by atoms with Crippen LogP contribution < -0.4 is 14.2 Å². The van der Waals surface area contributed by atoms with Crippen molar-refractivity contribution in [3.63, 3.8) is 0 Å². The number of rotatable bonds is 8. The lowest BCUT2D eigenvalue weighted by atomic mass is 9.98. The van der Waals surface area contributed by atoms with Crippen molar-refractivity contribution in [1.82, 2.24) is 4.72 Å². The summed E-state index contributed by atoms with van der Waals surface area (Å²) >= 11 is 5.99. The average Bonchev–Trinajstić information content (AvgIpc) is 2.60. The summed E-state index contributed by atoms with van der Waals surface area (Å²) in [6.45, 7) is 4.09. The first-order chi connectivity index (χ1) is 12.3. The fourth-order valence-electron chi connectivity index (χ4n) is 2.67. The van der Waals surface area contributed by atoms with Crippen LogP contribution in [0.4, 0.5) is 0 Å².